The van der Waals surface area contributed by atoms with Crippen LogP contribution in [-0.2, 0) is 0 Å². The first-order valence-corrected chi connectivity index (χ1v) is 4.05. The summed E-state index contributed by atoms with van der Waals surface area (Å²) in [5.41, 5.74) is 0. The smallest absolute Gasteiger partial charge is 0.0590 e. The van der Waals surface area contributed by atoms with Crippen molar-refractivity contribution in [3.05, 3.63) is 0 Å². The fourth-order valence-corrected chi connectivity index (χ4v) is 1.20. The molecule has 0 saturated carbocycles. The zero-order valence-corrected chi connectivity index (χ0v) is 6.88. The van der Waals surface area contributed by atoms with Crippen LogP contribution in [0.25, 0.3) is 0 Å². The minimum atomic E-state index is -0.306. The van der Waals surface area contributed by atoms with Gasteiger partial charge < -0.3 is 10.2 Å². The van der Waals surface area contributed by atoms with Crippen LogP contribution in [0.1, 0.15) is 33.1 Å². The van der Waals surface area contributed by atoms with E-state index in [0.717, 1.165) is 12.8 Å². The summed E-state index contributed by atoms with van der Waals surface area (Å²) in [5.74, 6) is 0.368. The Balaban J connectivity index is 3.53. The van der Waals surface area contributed by atoms with E-state index in [1.165, 1.54) is 0 Å². The molecule has 0 aromatic heterocycles. The molecule has 2 nitrogen and oxygen atoms in total. The van der Waals surface area contributed by atoms with Crippen LogP contribution in [0.15, 0.2) is 0 Å². The van der Waals surface area contributed by atoms with Gasteiger partial charge in [0.1, 0.15) is 0 Å². The third-order valence-corrected chi connectivity index (χ3v) is 2.02. The van der Waals surface area contributed by atoms with E-state index in [9.17, 15) is 5.11 Å². The maximum absolute atomic E-state index is 9.35. The Kier molecular flexibility index (Phi) is 5.64. The summed E-state index contributed by atoms with van der Waals surface area (Å²) in [4.78, 5) is 0. The molecule has 0 rings (SSSR count). The van der Waals surface area contributed by atoms with Crippen LogP contribution < -0.4 is 0 Å². The Bertz CT molecular complexity index is 69.7. The van der Waals surface area contributed by atoms with Crippen molar-refractivity contribution in [1.82, 2.24) is 0 Å². The van der Waals surface area contributed by atoms with Crippen LogP contribution >= 0.6 is 0 Å². The molecule has 0 bridgehead atoms. The number of rotatable bonds is 5. The van der Waals surface area contributed by atoms with Crippen molar-refractivity contribution in [2.24, 2.45) is 5.92 Å². The van der Waals surface area contributed by atoms with Gasteiger partial charge in [-0.2, -0.15) is 0 Å². The van der Waals surface area contributed by atoms with Crippen LogP contribution in [0.3, 0.4) is 0 Å². The molecule has 0 aliphatic rings. The maximum atomic E-state index is 9.35. The number of hydrogen-bond donors (Lipinski definition) is 2. The zero-order chi connectivity index (χ0) is 7.98. The van der Waals surface area contributed by atoms with E-state index in [4.69, 9.17) is 5.11 Å². The van der Waals surface area contributed by atoms with Crippen molar-refractivity contribution < 1.29 is 10.2 Å². The van der Waals surface area contributed by atoms with Gasteiger partial charge in [0.25, 0.3) is 0 Å². The molecule has 10 heavy (non-hydrogen) atoms. The molecule has 0 heterocycles. The molecule has 2 heteroatoms. The fraction of sp³-hybridized carbons (Fsp3) is 1.00. The van der Waals surface area contributed by atoms with E-state index < -0.39 is 0 Å². The molecule has 62 valence electrons. The van der Waals surface area contributed by atoms with E-state index in [1.807, 2.05) is 0 Å². The third-order valence-electron chi connectivity index (χ3n) is 2.02. The van der Waals surface area contributed by atoms with Crippen molar-refractivity contribution in [2.75, 3.05) is 6.61 Å². The highest BCUT2D eigenvalue weighted by Gasteiger charge is 2.13. The number of aliphatic hydroxyl groups is 2. The molecule has 0 fully saturated rings. The van der Waals surface area contributed by atoms with Gasteiger partial charge in [-0.15, -0.1) is 0 Å². The Morgan fingerprint density at radius 2 is 1.70 bits per heavy atom. The highest BCUT2D eigenvalue weighted by molar-refractivity contribution is 4.64. The van der Waals surface area contributed by atoms with Gasteiger partial charge in [0.05, 0.1) is 6.10 Å². The van der Waals surface area contributed by atoms with Crippen LogP contribution in [0.4, 0.5) is 0 Å². The topological polar surface area (TPSA) is 40.5 Å². The van der Waals surface area contributed by atoms with Crippen LogP contribution in [-0.4, -0.2) is 22.9 Å². The normalized spacial score (nSPS) is 14.1. The number of aliphatic hydroxyl groups excluding tert-OH is 2. The fourth-order valence-electron chi connectivity index (χ4n) is 1.20. The van der Waals surface area contributed by atoms with Crippen molar-refractivity contribution >= 4 is 0 Å². The van der Waals surface area contributed by atoms with Gasteiger partial charge in [-0.25, -0.2) is 0 Å². The average Bonchev–Trinajstić information content (AvgIpc) is 1.91. The van der Waals surface area contributed by atoms with Crippen molar-refractivity contribution in [3.63, 3.8) is 0 Å². The monoisotopic (exact) mass is 146 g/mol. The van der Waals surface area contributed by atoms with Crippen LogP contribution in [0.2, 0.25) is 0 Å². The largest absolute Gasteiger partial charge is 0.396 e. The summed E-state index contributed by atoms with van der Waals surface area (Å²) in [6, 6.07) is 0. The standard InChI is InChI=1S/C8H18O2/c1-3-7(4-2)8(10)5-6-9/h7-10H,3-6H2,1-2H3. The summed E-state index contributed by atoms with van der Waals surface area (Å²) in [6.07, 6.45) is 2.21. The summed E-state index contributed by atoms with van der Waals surface area (Å²) in [6.45, 7) is 4.22. The minimum absolute atomic E-state index is 0.0949. The second kappa shape index (κ2) is 5.69. The molecule has 0 aliphatic carbocycles. The van der Waals surface area contributed by atoms with Crippen LogP contribution in [0.5, 0.6) is 0 Å². The Hall–Kier alpha value is -0.0800. The van der Waals surface area contributed by atoms with E-state index in [-0.39, 0.29) is 12.7 Å². The van der Waals surface area contributed by atoms with Crippen molar-refractivity contribution in [1.29, 1.82) is 0 Å². The summed E-state index contributed by atoms with van der Waals surface area (Å²) in [5, 5.41) is 17.9. The average molecular weight is 146 g/mol. The summed E-state index contributed by atoms with van der Waals surface area (Å²) in [7, 11) is 0. The van der Waals surface area contributed by atoms with Gasteiger partial charge in [0.15, 0.2) is 0 Å². The van der Waals surface area contributed by atoms with Crippen molar-refractivity contribution in [2.45, 2.75) is 39.2 Å². The lowest BCUT2D eigenvalue weighted by Gasteiger charge is -2.18. The highest BCUT2D eigenvalue weighted by atomic mass is 16.3. The first-order chi connectivity index (χ1) is 4.76. The first-order valence-electron chi connectivity index (χ1n) is 4.05. The molecular formula is C8H18O2. The van der Waals surface area contributed by atoms with Gasteiger partial charge in [-0.1, -0.05) is 26.7 Å². The summed E-state index contributed by atoms with van der Waals surface area (Å²) < 4.78 is 0. The molecule has 2 N–H and O–H groups in total. The molecule has 0 aromatic rings. The Morgan fingerprint density at radius 1 is 1.20 bits per heavy atom. The van der Waals surface area contributed by atoms with Gasteiger partial charge in [-0.05, 0) is 12.3 Å². The lowest BCUT2D eigenvalue weighted by Crippen LogP contribution is -2.20. The molecule has 0 saturated heterocycles. The molecule has 0 radical (unpaired) electrons. The van der Waals surface area contributed by atoms with E-state index in [1.54, 1.807) is 0 Å². The highest BCUT2D eigenvalue weighted by Crippen LogP contribution is 2.14. The minimum Gasteiger partial charge on any atom is -0.396 e. The first kappa shape index (κ1) is 9.92. The molecule has 0 aliphatic heterocycles. The SMILES string of the molecule is CCC(CC)C(O)CCO. The van der Waals surface area contributed by atoms with E-state index >= 15 is 0 Å². The molecule has 0 amide bonds. The van der Waals surface area contributed by atoms with Crippen molar-refractivity contribution in [3.8, 4) is 0 Å². The van der Waals surface area contributed by atoms with Gasteiger partial charge in [-0.3, -0.25) is 0 Å². The molecule has 1 atom stereocenters. The third kappa shape index (κ3) is 3.18. The number of hydrogen-bond acceptors (Lipinski definition) is 2. The molecule has 0 spiro atoms. The Morgan fingerprint density at radius 3 is 2.00 bits per heavy atom. The molecule has 1 unspecified atom stereocenters. The second-order valence-corrected chi connectivity index (χ2v) is 2.66. The quantitative estimate of drug-likeness (QED) is 0.611. The second-order valence-electron chi connectivity index (χ2n) is 2.66. The Labute approximate surface area is 62.9 Å². The van der Waals surface area contributed by atoms with Gasteiger partial charge >= 0.3 is 0 Å². The predicted octanol–water partition coefficient (Wildman–Crippen LogP) is 1.17. The maximum Gasteiger partial charge on any atom is 0.0590 e. The van der Waals surface area contributed by atoms with E-state index in [0.29, 0.717) is 12.3 Å². The predicted molar refractivity (Wildman–Crippen MR) is 41.8 cm³/mol. The molecule has 0 aromatic carbocycles. The lowest BCUT2D eigenvalue weighted by atomic mass is 9.95. The van der Waals surface area contributed by atoms with E-state index in [2.05, 4.69) is 13.8 Å². The molecular weight excluding hydrogens is 128 g/mol. The van der Waals surface area contributed by atoms with Crippen LogP contribution in [0, 0.1) is 5.92 Å². The zero-order valence-electron chi connectivity index (χ0n) is 6.88. The summed E-state index contributed by atoms with van der Waals surface area (Å²) >= 11 is 0. The van der Waals surface area contributed by atoms with Gasteiger partial charge in [0, 0.05) is 6.61 Å². The lowest BCUT2D eigenvalue weighted by molar-refractivity contribution is 0.0749. The van der Waals surface area contributed by atoms with Gasteiger partial charge in [0.2, 0.25) is 0 Å².